The monoisotopic (exact) mass is 265 g/mol. The summed E-state index contributed by atoms with van der Waals surface area (Å²) >= 11 is 0. The van der Waals surface area contributed by atoms with Gasteiger partial charge in [0, 0.05) is 6.04 Å². The first-order valence-corrected chi connectivity index (χ1v) is 6.52. The molecule has 1 aromatic heterocycles. The standard InChI is InChI=1S/C14H23N3O2/c1-6-10(2)16-11-7-8-12(15-9-11)17-13(18)19-14(3,4)5/h7-10,16H,6H2,1-5H3,(H,15,17,18). The Balaban J connectivity index is 2.55. The molecule has 1 heterocycles. The number of carbonyl (C=O) groups excluding carboxylic acids is 1. The van der Waals surface area contributed by atoms with Gasteiger partial charge in [0.15, 0.2) is 0 Å². The number of carbonyl (C=O) groups is 1. The summed E-state index contributed by atoms with van der Waals surface area (Å²) in [5, 5.41) is 5.90. The molecule has 0 aliphatic rings. The number of anilines is 2. The molecule has 0 bridgehead atoms. The molecule has 0 fully saturated rings. The van der Waals surface area contributed by atoms with Crippen LogP contribution in [0.5, 0.6) is 0 Å². The van der Waals surface area contributed by atoms with Crippen LogP contribution in [0.1, 0.15) is 41.0 Å². The van der Waals surface area contributed by atoms with Crippen LogP contribution in [-0.4, -0.2) is 22.7 Å². The van der Waals surface area contributed by atoms with Crippen molar-refractivity contribution in [3.05, 3.63) is 18.3 Å². The predicted molar refractivity (Wildman–Crippen MR) is 77.5 cm³/mol. The van der Waals surface area contributed by atoms with Crippen LogP contribution >= 0.6 is 0 Å². The minimum Gasteiger partial charge on any atom is -0.444 e. The molecule has 0 saturated carbocycles. The molecule has 106 valence electrons. The van der Waals surface area contributed by atoms with Crippen molar-refractivity contribution < 1.29 is 9.53 Å². The maximum absolute atomic E-state index is 11.5. The molecular weight excluding hydrogens is 242 g/mol. The smallest absolute Gasteiger partial charge is 0.413 e. The zero-order valence-corrected chi connectivity index (χ0v) is 12.3. The lowest BCUT2D eigenvalue weighted by Crippen LogP contribution is -2.27. The maximum Gasteiger partial charge on any atom is 0.413 e. The average Bonchev–Trinajstić information content (AvgIpc) is 2.29. The molecule has 0 saturated heterocycles. The number of nitrogens with zero attached hydrogens (tertiary/aromatic N) is 1. The van der Waals surface area contributed by atoms with E-state index < -0.39 is 11.7 Å². The highest BCUT2D eigenvalue weighted by molar-refractivity contribution is 5.83. The number of pyridine rings is 1. The van der Waals surface area contributed by atoms with E-state index in [1.807, 2.05) is 26.8 Å². The van der Waals surface area contributed by atoms with Gasteiger partial charge in [-0.1, -0.05) is 6.92 Å². The van der Waals surface area contributed by atoms with E-state index in [2.05, 4.69) is 29.5 Å². The molecule has 19 heavy (non-hydrogen) atoms. The Morgan fingerprint density at radius 1 is 1.42 bits per heavy atom. The van der Waals surface area contributed by atoms with Gasteiger partial charge >= 0.3 is 6.09 Å². The summed E-state index contributed by atoms with van der Waals surface area (Å²) in [7, 11) is 0. The Morgan fingerprint density at radius 2 is 2.11 bits per heavy atom. The van der Waals surface area contributed by atoms with Crippen LogP contribution in [0.4, 0.5) is 16.3 Å². The summed E-state index contributed by atoms with van der Waals surface area (Å²) in [5.74, 6) is 0.476. The fourth-order valence-electron chi connectivity index (χ4n) is 1.35. The Bertz CT molecular complexity index is 410. The normalized spacial score (nSPS) is 12.7. The van der Waals surface area contributed by atoms with E-state index in [1.165, 1.54) is 0 Å². The Hall–Kier alpha value is -1.78. The second-order valence-corrected chi connectivity index (χ2v) is 5.51. The Morgan fingerprint density at radius 3 is 2.58 bits per heavy atom. The summed E-state index contributed by atoms with van der Waals surface area (Å²) in [6.07, 6.45) is 2.24. The molecule has 1 atom stereocenters. The number of hydrogen-bond acceptors (Lipinski definition) is 4. The molecule has 1 aromatic rings. The summed E-state index contributed by atoms with van der Waals surface area (Å²) in [6, 6.07) is 4.02. The van der Waals surface area contributed by atoms with Gasteiger partial charge in [-0.25, -0.2) is 9.78 Å². The van der Waals surface area contributed by atoms with Crippen LogP contribution in [0.3, 0.4) is 0 Å². The van der Waals surface area contributed by atoms with Crippen molar-refractivity contribution >= 4 is 17.6 Å². The number of nitrogens with one attached hydrogen (secondary N) is 2. The number of hydrogen-bond donors (Lipinski definition) is 2. The quantitative estimate of drug-likeness (QED) is 0.872. The molecule has 0 aromatic carbocycles. The fraction of sp³-hybridized carbons (Fsp3) is 0.571. The molecule has 0 aliphatic carbocycles. The van der Waals surface area contributed by atoms with Gasteiger partial charge in [0.2, 0.25) is 0 Å². The fourth-order valence-corrected chi connectivity index (χ4v) is 1.35. The van der Waals surface area contributed by atoms with Crippen LogP contribution in [0.25, 0.3) is 0 Å². The third kappa shape index (κ3) is 6.08. The molecule has 1 amide bonds. The first-order valence-electron chi connectivity index (χ1n) is 6.52. The number of ether oxygens (including phenoxy) is 1. The molecule has 1 unspecified atom stereocenters. The minimum atomic E-state index is -0.512. The lowest BCUT2D eigenvalue weighted by atomic mass is 10.2. The third-order valence-corrected chi connectivity index (χ3v) is 2.42. The van der Waals surface area contributed by atoms with Gasteiger partial charge in [-0.05, 0) is 46.2 Å². The third-order valence-electron chi connectivity index (χ3n) is 2.42. The number of amides is 1. The van der Waals surface area contributed by atoms with Crippen molar-refractivity contribution in [3.8, 4) is 0 Å². The highest BCUT2D eigenvalue weighted by atomic mass is 16.6. The van der Waals surface area contributed by atoms with Gasteiger partial charge in [0.05, 0.1) is 11.9 Å². The predicted octanol–water partition coefficient (Wildman–Crippen LogP) is 3.64. The van der Waals surface area contributed by atoms with Crippen LogP contribution in [0, 0.1) is 0 Å². The lowest BCUT2D eigenvalue weighted by molar-refractivity contribution is 0.0635. The van der Waals surface area contributed by atoms with Crippen LogP contribution in [-0.2, 0) is 4.74 Å². The van der Waals surface area contributed by atoms with Crippen LogP contribution in [0.2, 0.25) is 0 Å². The second kappa shape index (κ2) is 6.41. The molecule has 5 nitrogen and oxygen atoms in total. The van der Waals surface area contributed by atoms with Gasteiger partial charge in [0.25, 0.3) is 0 Å². The molecule has 0 spiro atoms. The second-order valence-electron chi connectivity index (χ2n) is 5.51. The van der Waals surface area contributed by atoms with E-state index in [4.69, 9.17) is 4.74 Å². The summed E-state index contributed by atoms with van der Waals surface area (Å²) in [4.78, 5) is 15.7. The molecule has 0 radical (unpaired) electrons. The molecule has 1 rings (SSSR count). The van der Waals surface area contributed by atoms with Gasteiger partial charge in [-0.15, -0.1) is 0 Å². The zero-order valence-electron chi connectivity index (χ0n) is 12.3. The zero-order chi connectivity index (χ0) is 14.5. The minimum absolute atomic E-state index is 0.395. The summed E-state index contributed by atoms with van der Waals surface area (Å²) < 4.78 is 5.15. The van der Waals surface area contributed by atoms with Crippen molar-refractivity contribution in [3.63, 3.8) is 0 Å². The van der Waals surface area contributed by atoms with E-state index in [-0.39, 0.29) is 0 Å². The molecule has 5 heteroatoms. The van der Waals surface area contributed by atoms with Crippen molar-refractivity contribution in [1.82, 2.24) is 4.98 Å². The largest absolute Gasteiger partial charge is 0.444 e. The number of rotatable bonds is 4. The van der Waals surface area contributed by atoms with E-state index in [0.29, 0.717) is 11.9 Å². The topological polar surface area (TPSA) is 63.2 Å². The van der Waals surface area contributed by atoms with E-state index in [9.17, 15) is 4.79 Å². The average molecular weight is 265 g/mol. The van der Waals surface area contributed by atoms with Crippen molar-refractivity contribution in [2.24, 2.45) is 0 Å². The van der Waals surface area contributed by atoms with Crippen molar-refractivity contribution in [2.75, 3.05) is 10.6 Å². The van der Waals surface area contributed by atoms with Crippen molar-refractivity contribution in [1.29, 1.82) is 0 Å². The first-order chi connectivity index (χ1) is 8.80. The highest BCUT2D eigenvalue weighted by Gasteiger charge is 2.16. The summed E-state index contributed by atoms with van der Waals surface area (Å²) in [6.45, 7) is 9.67. The first kappa shape index (κ1) is 15.3. The highest BCUT2D eigenvalue weighted by Crippen LogP contribution is 2.13. The van der Waals surface area contributed by atoms with Crippen molar-refractivity contribution in [2.45, 2.75) is 52.7 Å². The number of aromatic nitrogens is 1. The summed E-state index contributed by atoms with van der Waals surface area (Å²) in [5.41, 5.74) is 0.423. The molecular formula is C14H23N3O2. The molecule has 2 N–H and O–H groups in total. The van der Waals surface area contributed by atoms with Gasteiger partial charge < -0.3 is 10.1 Å². The van der Waals surface area contributed by atoms with E-state index >= 15 is 0 Å². The molecule has 0 aliphatic heterocycles. The maximum atomic E-state index is 11.5. The van der Waals surface area contributed by atoms with Gasteiger partial charge in [-0.2, -0.15) is 0 Å². The van der Waals surface area contributed by atoms with Crippen LogP contribution < -0.4 is 10.6 Å². The SMILES string of the molecule is CCC(C)Nc1ccc(NC(=O)OC(C)(C)C)nc1. The Kier molecular flexibility index (Phi) is 5.15. The Labute approximate surface area is 114 Å². The van der Waals surface area contributed by atoms with E-state index in [0.717, 1.165) is 12.1 Å². The van der Waals surface area contributed by atoms with Gasteiger partial charge in [-0.3, -0.25) is 5.32 Å². The van der Waals surface area contributed by atoms with Gasteiger partial charge in [0.1, 0.15) is 11.4 Å². The van der Waals surface area contributed by atoms with Crippen LogP contribution in [0.15, 0.2) is 18.3 Å². The van der Waals surface area contributed by atoms with E-state index in [1.54, 1.807) is 12.3 Å². The lowest BCUT2D eigenvalue weighted by Gasteiger charge is -2.19.